The summed E-state index contributed by atoms with van der Waals surface area (Å²) >= 11 is 11.4. The van der Waals surface area contributed by atoms with Crippen LogP contribution in [0.15, 0.2) is 22.1 Å². The molecule has 1 aliphatic heterocycles. The smallest absolute Gasteiger partial charge is 0.123 e. The Morgan fingerprint density at radius 2 is 2.19 bits per heavy atom. The Morgan fingerprint density at radius 3 is 2.69 bits per heavy atom. The highest BCUT2D eigenvalue weighted by atomic mass is 35.5. The lowest BCUT2D eigenvalue weighted by atomic mass is 10.2. The monoisotopic (exact) mass is 267 g/mol. The molecular formula is C9H15Cl2N3O2. The second-order valence-electron chi connectivity index (χ2n) is 3.37. The molecule has 5 N–H and O–H groups in total. The van der Waals surface area contributed by atoms with Gasteiger partial charge in [-0.15, -0.1) is 0 Å². The van der Waals surface area contributed by atoms with Crippen LogP contribution in [-0.4, -0.2) is 42.4 Å². The van der Waals surface area contributed by atoms with Gasteiger partial charge in [0.1, 0.15) is 10.3 Å². The first-order valence-electron chi connectivity index (χ1n) is 4.79. The van der Waals surface area contributed by atoms with Crippen LogP contribution in [0.4, 0.5) is 0 Å². The van der Waals surface area contributed by atoms with E-state index in [-0.39, 0.29) is 23.0 Å². The van der Waals surface area contributed by atoms with E-state index >= 15 is 0 Å². The van der Waals surface area contributed by atoms with Crippen LogP contribution in [0.2, 0.25) is 0 Å². The number of allylic oxidation sites excluding steroid dienone is 1. The molecule has 1 unspecified atom stereocenters. The van der Waals surface area contributed by atoms with Crippen molar-refractivity contribution in [2.45, 2.75) is 6.04 Å². The fourth-order valence-electron chi connectivity index (χ4n) is 1.54. The largest absolute Gasteiger partial charge is 0.394 e. The molecule has 0 radical (unpaired) electrons. The zero-order valence-corrected chi connectivity index (χ0v) is 10.2. The third-order valence-electron chi connectivity index (χ3n) is 2.27. The number of halogens is 2. The Kier molecular flexibility index (Phi) is 5.21. The van der Waals surface area contributed by atoms with E-state index < -0.39 is 0 Å². The summed E-state index contributed by atoms with van der Waals surface area (Å²) in [6, 6.07) is -0.187. The van der Waals surface area contributed by atoms with Crippen LogP contribution in [0.3, 0.4) is 0 Å². The van der Waals surface area contributed by atoms with Gasteiger partial charge >= 0.3 is 0 Å². The summed E-state index contributed by atoms with van der Waals surface area (Å²) in [5, 5.41) is 9.39. The molecule has 1 atom stereocenters. The summed E-state index contributed by atoms with van der Waals surface area (Å²) in [6.07, 6.45) is 1.47. The summed E-state index contributed by atoms with van der Waals surface area (Å²) in [5.41, 5.74) is 11.4. The van der Waals surface area contributed by atoms with E-state index in [0.29, 0.717) is 25.5 Å². The van der Waals surface area contributed by atoms with Crippen molar-refractivity contribution in [3.8, 4) is 0 Å². The van der Waals surface area contributed by atoms with Gasteiger partial charge in [-0.2, -0.15) is 0 Å². The minimum Gasteiger partial charge on any atom is -0.394 e. The number of aliphatic hydroxyl groups excluding tert-OH is 1. The molecule has 0 aromatic carbocycles. The second kappa shape index (κ2) is 6.20. The van der Waals surface area contributed by atoms with Crippen molar-refractivity contribution in [1.29, 1.82) is 0 Å². The lowest BCUT2D eigenvalue weighted by molar-refractivity contribution is -0.00949. The van der Waals surface area contributed by atoms with Crippen LogP contribution in [-0.2, 0) is 4.74 Å². The first-order chi connectivity index (χ1) is 7.56. The molecule has 92 valence electrons. The maximum absolute atomic E-state index is 9.21. The Bertz CT molecular complexity index is 299. The normalized spacial score (nSPS) is 24.3. The number of ether oxygens (including phenoxy) is 1. The molecule has 0 amide bonds. The van der Waals surface area contributed by atoms with Crippen molar-refractivity contribution in [2.75, 3.05) is 26.4 Å². The van der Waals surface area contributed by atoms with Gasteiger partial charge in [-0.05, 0) is 6.08 Å². The molecule has 0 bridgehead atoms. The number of rotatable bonds is 3. The van der Waals surface area contributed by atoms with Crippen LogP contribution in [0.25, 0.3) is 0 Å². The van der Waals surface area contributed by atoms with E-state index in [4.69, 9.17) is 39.4 Å². The van der Waals surface area contributed by atoms with Gasteiger partial charge in [0.15, 0.2) is 0 Å². The molecule has 1 fully saturated rings. The van der Waals surface area contributed by atoms with Crippen molar-refractivity contribution in [3.63, 3.8) is 0 Å². The van der Waals surface area contributed by atoms with Crippen molar-refractivity contribution < 1.29 is 9.84 Å². The van der Waals surface area contributed by atoms with E-state index in [9.17, 15) is 5.11 Å². The zero-order chi connectivity index (χ0) is 12.1. The number of nitrogens with two attached hydrogens (primary N) is 2. The topological polar surface area (TPSA) is 84.7 Å². The summed E-state index contributed by atoms with van der Waals surface area (Å²) in [6.45, 7) is 1.48. The number of morpholine rings is 1. The van der Waals surface area contributed by atoms with E-state index in [2.05, 4.69) is 0 Å². The van der Waals surface area contributed by atoms with Crippen molar-refractivity contribution in [3.05, 3.63) is 22.1 Å². The van der Waals surface area contributed by atoms with Gasteiger partial charge in [-0.3, -0.25) is 0 Å². The molecule has 1 rings (SSSR count). The molecule has 1 heterocycles. The van der Waals surface area contributed by atoms with Crippen molar-refractivity contribution in [1.82, 2.24) is 4.90 Å². The Hall–Kier alpha value is -0.620. The Labute approximate surface area is 104 Å². The standard InChI is InChI=1S/C9H15Cl2N3O2/c10-8(12)3-7(9(11)13)14-1-2-16-5-6(14)4-15/h3,6,15H,1-2,4-5,12-13H2/b8-3-,9-7+. The summed E-state index contributed by atoms with van der Waals surface area (Å²) in [4.78, 5) is 1.83. The highest BCUT2D eigenvalue weighted by Crippen LogP contribution is 2.19. The Balaban J connectivity index is 2.93. The molecule has 0 aromatic heterocycles. The van der Waals surface area contributed by atoms with Gasteiger partial charge in [0.05, 0.1) is 31.6 Å². The number of aliphatic hydroxyl groups is 1. The summed E-state index contributed by atoms with van der Waals surface area (Å²) < 4.78 is 5.25. The predicted molar refractivity (Wildman–Crippen MR) is 63.6 cm³/mol. The fraction of sp³-hybridized carbons (Fsp3) is 0.556. The SMILES string of the molecule is N/C(Cl)=C(\C=C(/N)Cl)N1CCOCC1CO. The van der Waals surface area contributed by atoms with Gasteiger partial charge in [0.2, 0.25) is 0 Å². The first kappa shape index (κ1) is 13.4. The average Bonchev–Trinajstić information content (AvgIpc) is 2.25. The molecule has 16 heavy (non-hydrogen) atoms. The van der Waals surface area contributed by atoms with Gasteiger partial charge in [-0.1, -0.05) is 23.2 Å². The predicted octanol–water partition coefficient (Wildman–Crippen LogP) is 0.0850. The Morgan fingerprint density at radius 1 is 1.50 bits per heavy atom. The first-order valence-corrected chi connectivity index (χ1v) is 5.55. The second-order valence-corrected chi connectivity index (χ2v) is 4.21. The van der Waals surface area contributed by atoms with Gasteiger partial charge in [0, 0.05) is 6.54 Å². The molecule has 0 spiro atoms. The maximum Gasteiger partial charge on any atom is 0.123 e. The van der Waals surface area contributed by atoms with E-state index in [0.717, 1.165) is 0 Å². The van der Waals surface area contributed by atoms with E-state index in [1.165, 1.54) is 6.08 Å². The summed E-state index contributed by atoms with van der Waals surface area (Å²) in [7, 11) is 0. The van der Waals surface area contributed by atoms with Crippen LogP contribution >= 0.6 is 23.2 Å². The van der Waals surface area contributed by atoms with E-state index in [1.807, 2.05) is 4.90 Å². The minimum absolute atomic E-state index is 0.0519. The molecule has 5 nitrogen and oxygen atoms in total. The lowest BCUT2D eigenvalue weighted by Crippen LogP contribution is -2.47. The van der Waals surface area contributed by atoms with Crippen LogP contribution in [0.1, 0.15) is 0 Å². The lowest BCUT2D eigenvalue weighted by Gasteiger charge is -2.37. The molecule has 1 saturated heterocycles. The number of nitrogens with zero attached hydrogens (tertiary/aromatic N) is 1. The average molecular weight is 268 g/mol. The van der Waals surface area contributed by atoms with Crippen LogP contribution in [0.5, 0.6) is 0 Å². The summed E-state index contributed by atoms with van der Waals surface area (Å²) in [5.74, 6) is 0. The third kappa shape index (κ3) is 3.45. The fourth-order valence-corrected chi connectivity index (χ4v) is 1.81. The molecule has 0 aliphatic carbocycles. The third-order valence-corrected chi connectivity index (χ3v) is 2.57. The molecular weight excluding hydrogens is 253 g/mol. The van der Waals surface area contributed by atoms with E-state index in [1.54, 1.807) is 0 Å². The molecule has 1 aliphatic rings. The number of hydrogen-bond acceptors (Lipinski definition) is 5. The van der Waals surface area contributed by atoms with Gasteiger partial charge in [-0.25, -0.2) is 0 Å². The maximum atomic E-state index is 9.21. The van der Waals surface area contributed by atoms with Gasteiger partial charge < -0.3 is 26.2 Å². The highest BCUT2D eigenvalue weighted by Gasteiger charge is 2.24. The zero-order valence-electron chi connectivity index (χ0n) is 8.70. The van der Waals surface area contributed by atoms with Gasteiger partial charge in [0.25, 0.3) is 0 Å². The quantitative estimate of drug-likeness (QED) is 0.499. The highest BCUT2D eigenvalue weighted by molar-refractivity contribution is 6.30. The molecule has 7 heteroatoms. The minimum atomic E-state index is -0.187. The van der Waals surface area contributed by atoms with Crippen LogP contribution < -0.4 is 11.5 Å². The van der Waals surface area contributed by atoms with Crippen LogP contribution in [0, 0.1) is 0 Å². The molecule has 0 saturated carbocycles. The van der Waals surface area contributed by atoms with Crippen molar-refractivity contribution in [2.24, 2.45) is 11.5 Å². The number of hydrogen-bond donors (Lipinski definition) is 3. The molecule has 0 aromatic rings. The van der Waals surface area contributed by atoms with Crippen molar-refractivity contribution >= 4 is 23.2 Å².